The summed E-state index contributed by atoms with van der Waals surface area (Å²) in [7, 11) is 0. The van der Waals surface area contributed by atoms with Crippen LogP contribution >= 0.6 is 0 Å². The van der Waals surface area contributed by atoms with Crippen molar-refractivity contribution in [3.8, 4) is 5.75 Å². The summed E-state index contributed by atoms with van der Waals surface area (Å²) >= 11 is 0. The minimum absolute atomic E-state index is 0.0195. The summed E-state index contributed by atoms with van der Waals surface area (Å²) in [4.78, 5) is 38.2. The first-order valence-corrected chi connectivity index (χ1v) is 7.13. The third kappa shape index (κ3) is 2.61. The zero-order valence-corrected chi connectivity index (χ0v) is 11.9. The molecule has 22 heavy (non-hydrogen) atoms. The van der Waals surface area contributed by atoms with E-state index in [2.05, 4.69) is 0 Å². The molecule has 1 fully saturated rings. The van der Waals surface area contributed by atoms with Crippen molar-refractivity contribution in [3.63, 3.8) is 0 Å². The Kier molecular flexibility index (Phi) is 3.70. The number of fused-ring (bicyclic) bond motifs is 1. The molecule has 1 amide bonds. The summed E-state index contributed by atoms with van der Waals surface area (Å²) < 4.78 is 5.13. The van der Waals surface area contributed by atoms with Gasteiger partial charge in [0.05, 0.1) is 12.2 Å². The predicted molar refractivity (Wildman–Crippen MR) is 76.7 cm³/mol. The molecule has 0 aromatic heterocycles. The van der Waals surface area contributed by atoms with Crippen LogP contribution in [0.15, 0.2) is 24.3 Å². The van der Waals surface area contributed by atoms with Gasteiger partial charge in [-0.1, -0.05) is 12.1 Å². The topological polar surface area (TPSA) is 87.2 Å². The number of carboxylic acid groups (broad SMARTS) is 1. The molecule has 2 aliphatic rings. The lowest BCUT2D eigenvalue weighted by Crippen LogP contribution is -2.48. The number of esters is 1. The number of anilines is 1. The average molecular weight is 304 g/mol. The van der Waals surface area contributed by atoms with Crippen LogP contribution in [-0.4, -0.2) is 53.5 Å². The first-order valence-electron chi connectivity index (χ1n) is 7.13. The lowest BCUT2D eigenvalue weighted by molar-refractivity contribution is -0.147. The van der Waals surface area contributed by atoms with E-state index in [4.69, 9.17) is 9.84 Å². The fraction of sp³-hybridized carbons (Fsp3) is 0.400. The van der Waals surface area contributed by atoms with Crippen LogP contribution in [0, 0.1) is 0 Å². The molecule has 116 valence electrons. The van der Waals surface area contributed by atoms with Crippen LogP contribution in [0.4, 0.5) is 5.69 Å². The maximum Gasteiger partial charge on any atom is 0.331 e. The smallest absolute Gasteiger partial charge is 0.331 e. The van der Waals surface area contributed by atoms with Gasteiger partial charge in [0.1, 0.15) is 12.6 Å². The van der Waals surface area contributed by atoms with E-state index in [9.17, 15) is 14.4 Å². The first kappa shape index (κ1) is 14.4. The number of para-hydroxylation sites is 2. The van der Waals surface area contributed by atoms with Gasteiger partial charge in [0.25, 0.3) is 0 Å². The fourth-order valence-corrected chi connectivity index (χ4v) is 2.92. The van der Waals surface area contributed by atoms with Gasteiger partial charge in [0.2, 0.25) is 5.91 Å². The molecule has 0 bridgehead atoms. The van der Waals surface area contributed by atoms with Gasteiger partial charge in [-0.15, -0.1) is 0 Å². The Labute approximate surface area is 127 Å². The molecule has 1 unspecified atom stereocenters. The number of hydrogen-bond donors (Lipinski definition) is 1. The normalized spacial score (nSPS) is 20.5. The summed E-state index contributed by atoms with van der Waals surface area (Å²) in [6.45, 7) is 0.389. The number of carboxylic acids is 1. The van der Waals surface area contributed by atoms with Crippen molar-refractivity contribution in [1.82, 2.24) is 4.90 Å². The first-order chi connectivity index (χ1) is 10.6. The van der Waals surface area contributed by atoms with Gasteiger partial charge in [-0.2, -0.15) is 0 Å². The summed E-state index contributed by atoms with van der Waals surface area (Å²) in [5.74, 6) is -1.27. The standard InChI is InChI=1S/C15H16N2O5/c18-13(17-7-3-5-11(17)15(20)21)8-16-9-14(19)22-12-6-2-1-4-10(12)16/h1-2,4,6,11H,3,5,7-9H2,(H,20,21). The van der Waals surface area contributed by atoms with Crippen LogP contribution in [0.5, 0.6) is 5.75 Å². The van der Waals surface area contributed by atoms with Crippen LogP contribution in [0.1, 0.15) is 12.8 Å². The average Bonchev–Trinajstić information content (AvgIpc) is 2.96. The second-order valence-electron chi connectivity index (χ2n) is 5.38. The molecule has 7 heteroatoms. The van der Waals surface area contributed by atoms with Gasteiger partial charge in [-0.25, -0.2) is 9.59 Å². The molecular weight excluding hydrogens is 288 g/mol. The molecule has 0 spiro atoms. The van der Waals surface area contributed by atoms with Crippen LogP contribution < -0.4 is 9.64 Å². The molecule has 1 aromatic carbocycles. The van der Waals surface area contributed by atoms with Crippen molar-refractivity contribution in [3.05, 3.63) is 24.3 Å². The Morgan fingerprint density at radius 3 is 2.86 bits per heavy atom. The minimum atomic E-state index is -0.982. The van der Waals surface area contributed by atoms with E-state index < -0.39 is 18.0 Å². The summed E-state index contributed by atoms with van der Waals surface area (Å²) in [6.07, 6.45) is 1.15. The monoisotopic (exact) mass is 304 g/mol. The zero-order valence-electron chi connectivity index (χ0n) is 11.9. The molecular formula is C15H16N2O5. The number of ether oxygens (including phenoxy) is 1. The van der Waals surface area contributed by atoms with Gasteiger partial charge in [0, 0.05) is 6.54 Å². The van der Waals surface area contributed by atoms with Crippen LogP contribution in [0.3, 0.4) is 0 Å². The van der Waals surface area contributed by atoms with Gasteiger partial charge < -0.3 is 19.6 Å². The number of carbonyl (C=O) groups excluding carboxylic acids is 2. The van der Waals surface area contributed by atoms with E-state index in [-0.39, 0.29) is 19.0 Å². The van der Waals surface area contributed by atoms with E-state index in [1.807, 2.05) is 0 Å². The number of likely N-dealkylation sites (tertiary alicyclic amines) is 1. The van der Waals surface area contributed by atoms with E-state index >= 15 is 0 Å². The van der Waals surface area contributed by atoms with Gasteiger partial charge >= 0.3 is 11.9 Å². The van der Waals surface area contributed by atoms with Crippen LogP contribution in [0.2, 0.25) is 0 Å². The van der Waals surface area contributed by atoms with Gasteiger partial charge in [-0.05, 0) is 25.0 Å². The lowest BCUT2D eigenvalue weighted by Gasteiger charge is -2.31. The Balaban J connectivity index is 1.77. The minimum Gasteiger partial charge on any atom is -0.480 e. The Morgan fingerprint density at radius 2 is 2.09 bits per heavy atom. The third-order valence-corrected chi connectivity index (χ3v) is 3.93. The number of rotatable bonds is 3. The highest BCUT2D eigenvalue weighted by Gasteiger charge is 2.35. The molecule has 1 aromatic rings. The quantitative estimate of drug-likeness (QED) is 0.646. The van der Waals surface area contributed by atoms with Crippen molar-refractivity contribution in [2.75, 3.05) is 24.5 Å². The molecule has 1 saturated heterocycles. The van der Waals surface area contributed by atoms with Crippen molar-refractivity contribution in [2.45, 2.75) is 18.9 Å². The number of aliphatic carboxylic acids is 1. The lowest BCUT2D eigenvalue weighted by atomic mass is 10.2. The van der Waals surface area contributed by atoms with Crippen molar-refractivity contribution >= 4 is 23.5 Å². The zero-order chi connectivity index (χ0) is 15.7. The second kappa shape index (κ2) is 5.67. The van der Waals surface area contributed by atoms with Crippen molar-refractivity contribution in [1.29, 1.82) is 0 Å². The Bertz CT molecular complexity index is 630. The largest absolute Gasteiger partial charge is 0.480 e. The highest BCUT2D eigenvalue weighted by molar-refractivity contribution is 5.91. The van der Waals surface area contributed by atoms with Crippen LogP contribution in [-0.2, 0) is 14.4 Å². The highest BCUT2D eigenvalue weighted by atomic mass is 16.5. The molecule has 2 heterocycles. The number of amides is 1. The maximum absolute atomic E-state index is 12.4. The maximum atomic E-state index is 12.4. The third-order valence-electron chi connectivity index (χ3n) is 3.93. The summed E-state index contributed by atoms with van der Waals surface area (Å²) in [6, 6.07) is 6.22. The number of nitrogens with zero attached hydrogens (tertiary/aromatic N) is 2. The van der Waals surface area contributed by atoms with E-state index in [0.29, 0.717) is 30.8 Å². The van der Waals surface area contributed by atoms with Crippen LogP contribution in [0.25, 0.3) is 0 Å². The van der Waals surface area contributed by atoms with Gasteiger partial charge in [-0.3, -0.25) is 4.79 Å². The van der Waals surface area contributed by atoms with E-state index in [0.717, 1.165) is 0 Å². The van der Waals surface area contributed by atoms with E-state index in [1.54, 1.807) is 29.2 Å². The van der Waals surface area contributed by atoms with E-state index in [1.165, 1.54) is 4.90 Å². The molecule has 1 N–H and O–H groups in total. The van der Waals surface area contributed by atoms with Gasteiger partial charge in [0.15, 0.2) is 5.75 Å². The summed E-state index contributed by atoms with van der Waals surface area (Å²) in [5.41, 5.74) is 0.668. The molecule has 7 nitrogen and oxygen atoms in total. The number of benzene rings is 1. The molecule has 2 aliphatic heterocycles. The summed E-state index contributed by atoms with van der Waals surface area (Å²) in [5, 5.41) is 9.16. The second-order valence-corrected chi connectivity index (χ2v) is 5.38. The highest BCUT2D eigenvalue weighted by Crippen LogP contribution is 2.31. The Hall–Kier alpha value is -2.57. The van der Waals surface area contributed by atoms with Crippen molar-refractivity contribution in [2.24, 2.45) is 0 Å². The van der Waals surface area contributed by atoms with Crippen molar-refractivity contribution < 1.29 is 24.2 Å². The molecule has 0 radical (unpaired) electrons. The molecule has 1 atom stereocenters. The number of carbonyl (C=O) groups is 3. The Morgan fingerprint density at radius 1 is 1.32 bits per heavy atom. The molecule has 3 rings (SSSR count). The predicted octanol–water partition coefficient (Wildman–Crippen LogP) is 0.488. The molecule has 0 saturated carbocycles. The SMILES string of the molecule is O=C1CN(CC(=O)N2CCCC2C(=O)O)c2ccccc2O1. The number of hydrogen-bond acceptors (Lipinski definition) is 5. The molecule has 0 aliphatic carbocycles. The fourth-order valence-electron chi connectivity index (χ4n) is 2.92.